The van der Waals surface area contributed by atoms with E-state index in [1.54, 1.807) is 0 Å². The monoisotopic (exact) mass is 619 g/mol. The summed E-state index contributed by atoms with van der Waals surface area (Å²) in [5, 5.41) is 20.6. The number of carbonyl (C=O) groups is 1. The molecule has 0 aliphatic heterocycles. The molecule has 42 heavy (non-hydrogen) atoms. The van der Waals surface area contributed by atoms with Crippen LogP contribution in [0, 0.1) is 29.1 Å². The Morgan fingerprint density at radius 3 is 2.29 bits per heavy atom. The maximum absolute atomic E-state index is 11.8. The molecule has 3 aliphatic rings. The lowest BCUT2D eigenvalue weighted by Crippen LogP contribution is -2.56. The van der Waals surface area contributed by atoms with Gasteiger partial charge in [0.25, 0.3) is 0 Å². The average Bonchev–Trinajstić information content (AvgIpc) is 3.42. The van der Waals surface area contributed by atoms with Crippen molar-refractivity contribution in [2.45, 2.75) is 142 Å². The van der Waals surface area contributed by atoms with Crippen LogP contribution in [0.5, 0.6) is 0 Å². The van der Waals surface area contributed by atoms with Crippen molar-refractivity contribution in [1.29, 1.82) is 0 Å². The summed E-state index contributed by atoms with van der Waals surface area (Å²) in [5.41, 5.74) is 2.66. The molecule has 0 unspecified atom stereocenters. The van der Waals surface area contributed by atoms with Crippen LogP contribution in [-0.4, -0.2) is 57.3 Å². The molecule has 9 heteroatoms. The van der Waals surface area contributed by atoms with E-state index in [4.69, 9.17) is 8.85 Å². The largest absolute Gasteiger partial charge is 0.465 e. The van der Waals surface area contributed by atoms with Gasteiger partial charge in [0.05, 0.1) is 6.20 Å². The fourth-order valence-electron chi connectivity index (χ4n) is 8.15. The number of fused-ring (bicyclic) bond motifs is 3. The van der Waals surface area contributed by atoms with E-state index in [2.05, 4.69) is 97.1 Å². The van der Waals surface area contributed by atoms with Gasteiger partial charge in [0.1, 0.15) is 0 Å². The maximum atomic E-state index is 11.8. The summed E-state index contributed by atoms with van der Waals surface area (Å²) in [6.07, 6.45) is 7.71. The predicted octanol–water partition coefficient (Wildman–Crippen LogP) is 8.35. The minimum Gasteiger partial charge on any atom is -0.465 e. The highest BCUT2D eigenvalue weighted by Crippen LogP contribution is 2.61. The predicted molar refractivity (Wildman–Crippen MR) is 176 cm³/mol. The van der Waals surface area contributed by atoms with Crippen LogP contribution in [0.3, 0.4) is 0 Å². The second-order valence-corrected chi connectivity index (χ2v) is 27.1. The lowest BCUT2D eigenvalue weighted by Gasteiger charge is -2.57. The van der Waals surface area contributed by atoms with Gasteiger partial charge in [-0.15, -0.1) is 0 Å². The van der Waals surface area contributed by atoms with Crippen molar-refractivity contribution in [2.75, 3.05) is 13.2 Å². The number of rotatable bonds is 8. The number of aromatic amines is 1. The van der Waals surface area contributed by atoms with E-state index >= 15 is 0 Å². The lowest BCUT2D eigenvalue weighted by atomic mass is 9.49. The highest BCUT2D eigenvalue weighted by molar-refractivity contribution is 6.74. The number of H-pyrrole nitrogens is 1. The van der Waals surface area contributed by atoms with Gasteiger partial charge in [-0.2, -0.15) is 5.10 Å². The van der Waals surface area contributed by atoms with Crippen LogP contribution in [-0.2, 0) is 20.7 Å². The summed E-state index contributed by atoms with van der Waals surface area (Å²) < 4.78 is 14.1. The molecule has 2 fully saturated rings. The summed E-state index contributed by atoms with van der Waals surface area (Å²) in [7, 11) is -3.86. The maximum Gasteiger partial charge on any atom is 0.404 e. The number of hydrogen-bond donors (Lipinski definition) is 3. The summed E-state index contributed by atoms with van der Waals surface area (Å²) in [6, 6.07) is 0. The minimum absolute atomic E-state index is 0.0132. The van der Waals surface area contributed by atoms with Gasteiger partial charge in [-0.25, -0.2) is 4.79 Å². The zero-order valence-corrected chi connectivity index (χ0v) is 30.7. The molecule has 0 aromatic carbocycles. The van der Waals surface area contributed by atoms with E-state index in [0.29, 0.717) is 24.3 Å². The van der Waals surface area contributed by atoms with E-state index in [1.807, 2.05) is 6.20 Å². The Kier molecular flexibility index (Phi) is 9.09. The molecule has 1 aromatic rings. The number of nitrogens with one attached hydrogen (secondary N) is 2. The van der Waals surface area contributed by atoms with Crippen molar-refractivity contribution in [2.24, 2.45) is 29.1 Å². The van der Waals surface area contributed by atoms with Crippen molar-refractivity contribution in [3.8, 4) is 0 Å². The van der Waals surface area contributed by atoms with E-state index < -0.39 is 22.7 Å². The van der Waals surface area contributed by atoms with Gasteiger partial charge in [-0.1, -0.05) is 55.4 Å². The van der Waals surface area contributed by atoms with Crippen molar-refractivity contribution >= 4 is 22.7 Å². The van der Waals surface area contributed by atoms with E-state index in [0.717, 1.165) is 45.1 Å². The Morgan fingerprint density at radius 2 is 1.69 bits per heavy atom. The first kappa shape index (κ1) is 33.7. The molecule has 0 saturated heterocycles. The van der Waals surface area contributed by atoms with Crippen LogP contribution < -0.4 is 5.32 Å². The molecule has 1 amide bonds. The Labute approximate surface area is 258 Å². The topological polar surface area (TPSA) is 96.5 Å². The molecular weight excluding hydrogens is 559 g/mol. The van der Waals surface area contributed by atoms with Crippen molar-refractivity contribution in [3.05, 3.63) is 17.5 Å². The van der Waals surface area contributed by atoms with Gasteiger partial charge in [-0.05, 0) is 109 Å². The quantitative estimate of drug-likeness (QED) is 0.254. The molecule has 3 N–H and O–H groups in total. The fourth-order valence-corrected chi connectivity index (χ4v) is 10.6. The number of hydrogen-bond acceptors (Lipinski definition) is 4. The van der Waals surface area contributed by atoms with Gasteiger partial charge >= 0.3 is 6.09 Å². The standard InChI is InChI=1S/C33H61N3O4Si2/c1-30(2,3)41(9,10)39-21-23-18-24(40-42(11,12)31(4,5)6)13-15-32(23,7)26-14-16-33(8)27(25(26)20-34-29(37)38)17-22-19-35-36-28(22)33/h19,23-27,34H,13-18,20-21H2,1-12H3,(H,35,36)(H,37,38)/t23-,24+,25-,26+,27+,32+,33+/m1/s1. The third kappa shape index (κ3) is 6.18. The van der Waals surface area contributed by atoms with Crippen LogP contribution in [0.15, 0.2) is 6.20 Å². The Balaban J connectivity index is 1.67. The molecule has 1 aromatic heterocycles. The normalized spacial score (nSPS) is 34.1. The van der Waals surface area contributed by atoms with Crippen LogP contribution in [0.4, 0.5) is 4.79 Å². The van der Waals surface area contributed by atoms with Gasteiger partial charge in [0.15, 0.2) is 16.6 Å². The first-order chi connectivity index (χ1) is 19.1. The Bertz CT molecular complexity index is 1120. The smallest absolute Gasteiger partial charge is 0.404 e. The summed E-state index contributed by atoms with van der Waals surface area (Å²) in [5.74, 6) is 1.45. The number of nitrogens with zero attached hydrogens (tertiary/aromatic N) is 1. The van der Waals surface area contributed by atoms with Gasteiger partial charge in [0.2, 0.25) is 0 Å². The minimum atomic E-state index is -1.95. The third-order valence-electron chi connectivity index (χ3n) is 13.1. The zero-order chi connectivity index (χ0) is 31.5. The van der Waals surface area contributed by atoms with Gasteiger partial charge in [0, 0.05) is 30.4 Å². The molecule has 240 valence electrons. The fraction of sp³-hybridized carbons (Fsp3) is 0.879. The molecular formula is C33H61N3O4Si2. The third-order valence-corrected chi connectivity index (χ3v) is 22.1. The first-order valence-electron chi connectivity index (χ1n) is 16.4. The number of aromatic nitrogens is 2. The highest BCUT2D eigenvalue weighted by Gasteiger charge is 2.58. The van der Waals surface area contributed by atoms with Gasteiger partial charge < -0.3 is 19.3 Å². The van der Waals surface area contributed by atoms with Crippen molar-refractivity contribution in [3.63, 3.8) is 0 Å². The second kappa shape index (κ2) is 11.3. The number of carboxylic acid groups (broad SMARTS) is 1. The second-order valence-electron chi connectivity index (χ2n) is 17.5. The van der Waals surface area contributed by atoms with Crippen LogP contribution in [0.2, 0.25) is 36.3 Å². The summed E-state index contributed by atoms with van der Waals surface area (Å²) >= 11 is 0. The van der Waals surface area contributed by atoms with E-state index in [9.17, 15) is 9.90 Å². The molecule has 2 saturated carbocycles. The first-order valence-corrected chi connectivity index (χ1v) is 22.3. The Morgan fingerprint density at radius 1 is 1.05 bits per heavy atom. The molecule has 1 heterocycles. The zero-order valence-electron chi connectivity index (χ0n) is 28.7. The van der Waals surface area contributed by atoms with Crippen LogP contribution in [0.1, 0.15) is 98.8 Å². The van der Waals surface area contributed by atoms with Gasteiger partial charge in [-0.3, -0.25) is 5.10 Å². The summed E-state index contributed by atoms with van der Waals surface area (Å²) in [6.45, 7) is 29.6. The highest BCUT2D eigenvalue weighted by atomic mass is 28.4. The van der Waals surface area contributed by atoms with Crippen LogP contribution >= 0.6 is 0 Å². The molecule has 4 rings (SSSR count). The van der Waals surface area contributed by atoms with Crippen molar-refractivity contribution in [1.82, 2.24) is 15.5 Å². The van der Waals surface area contributed by atoms with Crippen LogP contribution in [0.25, 0.3) is 0 Å². The van der Waals surface area contributed by atoms with E-state index in [-0.39, 0.29) is 32.9 Å². The lowest BCUT2D eigenvalue weighted by molar-refractivity contribution is -0.0848. The molecule has 3 aliphatic carbocycles. The molecule has 7 nitrogen and oxygen atoms in total. The number of amides is 1. The molecule has 0 bridgehead atoms. The Hall–Kier alpha value is -1.17. The SMILES string of the molecule is CC(C)(C)[Si](C)(C)OC[C@H]1C[C@@H](O[Si](C)(C)C(C)(C)C)CC[C@]1(C)[C@H]1CC[C@]2(C)c3[nH]ncc3C[C@H]2[C@@H]1CNC(=O)O. The van der Waals surface area contributed by atoms with Crippen molar-refractivity contribution < 1.29 is 18.8 Å². The molecule has 0 radical (unpaired) electrons. The average molecular weight is 620 g/mol. The summed E-state index contributed by atoms with van der Waals surface area (Å²) in [4.78, 5) is 11.8. The molecule has 7 atom stereocenters. The van der Waals surface area contributed by atoms with E-state index in [1.165, 1.54) is 11.3 Å². The molecule has 0 spiro atoms.